The molecule has 2 N–H and O–H groups in total. The second-order valence-corrected chi connectivity index (χ2v) is 53.8. The van der Waals surface area contributed by atoms with Crippen LogP contribution in [0.1, 0.15) is 82.4 Å². The van der Waals surface area contributed by atoms with Gasteiger partial charge in [-0.2, -0.15) is 0 Å². The summed E-state index contributed by atoms with van der Waals surface area (Å²) < 4.78 is 0. The van der Waals surface area contributed by atoms with Crippen molar-refractivity contribution in [2.24, 2.45) is 16.7 Å². The van der Waals surface area contributed by atoms with Crippen LogP contribution in [-0.2, 0) is 189 Å². The van der Waals surface area contributed by atoms with Gasteiger partial charge in [0.05, 0.1) is 20.3 Å². The van der Waals surface area contributed by atoms with Gasteiger partial charge in [0.15, 0.2) is 0 Å². The van der Waals surface area contributed by atoms with Crippen LogP contribution in [0.2, 0.25) is 24.7 Å². The van der Waals surface area contributed by atoms with Gasteiger partial charge in [0.2, 0.25) is 0 Å². The fourth-order valence-electron chi connectivity index (χ4n) is 9.24. The van der Waals surface area contributed by atoms with Gasteiger partial charge in [0, 0.05) is 193 Å². The molecule has 4 aliphatic carbocycles. The van der Waals surface area contributed by atoms with Crippen LogP contribution in [0, 0.1) is 16.7 Å². The van der Waals surface area contributed by atoms with Crippen LogP contribution in [0.25, 0.3) is 16.3 Å². The first kappa shape index (κ1) is 57.8. The predicted octanol–water partition coefficient (Wildman–Crippen LogP) is 10.3. The molecule has 2 nitrogen and oxygen atoms in total. The van der Waals surface area contributed by atoms with Crippen LogP contribution >= 0.6 is 11.6 Å². The van der Waals surface area contributed by atoms with Gasteiger partial charge in [0.1, 0.15) is 0 Å². The third-order valence-electron chi connectivity index (χ3n) is 11.6. The molecule has 63 heavy (non-hydrogen) atoms. The molecule has 0 saturated heterocycles. The highest BCUT2D eigenvalue weighted by Gasteiger charge is 2.50. The van der Waals surface area contributed by atoms with E-state index in [1.807, 2.05) is 6.07 Å². The van der Waals surface area contributed by atoms with E-state index < -0.39 is 8.07 Å². The van der Waals surface area contributed by atoms with Crippen LogP contribution in [-0.4, -0.2) is 30.5 Å². The maximum Gasteiger partial charge on any atom is 0.0732 e. The van der Waals surface area contributed by atoms with Gasteiger partial charge in [-0.1, -0.05) is 119 Å². The third-order valence-corrected chi connectivity index (χ3v) is 52.0. The molecule has 0 radical (unpaired) electrons. The van der Waals surface area contributed by atoms with Crippen molar-refractivity contribution in [3.63, 3.8) is 0 Å². The van der Waals surface area contributed by atoms with Crippen LogP contribution in [0.3, 0.4) is 0 Å². The molecule has 3 aromatic rings. The van der Waals surface area contributed by atoms with Crippen LogP contribution in [0.5, 0.6) is 0 Å². The average Bonchev–Trinajstić information content (AvgIpc) is 3.74. The number of hydrogen-bond donors (Lipinski definition) is 2. The number of hydrogen-bond acceptors (Lipinski definition) is 4. The van der Waals surface area contributed by atoms with Gasteiger partial charge in [-0.15, -0.1) is 0 Å². The molecule has 0 heterocycles. The second kappa shape index (κ2) is 28.9. The Bertz CT molecular complexity index is 2970. The Morgan fingerprint density at radius 3 is 1.59 bits per heavy atom. The molecular weight excluding hydrogens is 1210 g/mol. The summed E-state index contributed by atoms with van der Waals surface area (Å²) in [5.41, 5.74) is 7.29. The Morgan fingerprint density at radius 1 is 0.651 bits per heavy atom. The normalized spacial score (nSPS) is 23.8. The zero-order valence-electron chi connectivity index (χ0n) is 34.2. The third kappa shape index (κ3) is 16.9. The molecule has 0 bridgehead atoms. The molecule has 6 atom stereocenters. The van der Waals surface area contributed by atoms with Crippen molar-refractivity contribution < 1.29 is 10.2 Å². The minimum absolute atomic E-state index is 0. The van der Waals surface area contributed by atoms with Gasteiger partial charge < -0.3 is 10.2 Å². The fraction of sp³-hybridized carbons (Fsp3) is 0.487. The summed E-state index contributed by atoms with van der Waals surface area (Å²) in [5, 5.41) is 25.3. The lowest BCUT2D eigenvalue weighted by atomic mass is 9.66. The quantitative estimate of drug-likeness (QED) is 0.251. The maximum absolute atomic E-state index is 10.2. The number of allylic oxidation sites excluding steroid dienone is 3. The van der Waals surface area contributed by atoms with Gasteiger partial charge in [0.25, 0.3) is 0 Å². The lowest BCUT2D eigenvalue weighted by Crippen LogP contribution is -2.37. The van der Waals surface area contributed by atoms with Gasteiger partial charge in [-0.25, -0.2) is 0 Å². The fourth-order valence-corrected chi connectivity index (χ4v) is 55.4. The van der Waals surface area contributed by atoms with Crippen molar-refractivity contribution >= 4 is 218 Å². The molecule has 4 aliphatic rings. The van der Waals surface area contributed by atoms with E-state index in [0.29, 0.717) is 11.8 Å². The van der Waals surface area contributed by atoms with E-state index in [0.717, 1.165) is 48.9 Å². The van der Waals surface area contributed by atoms with Crippen molar-refractivity contribution in [3.8, 4) is 0 Å². The van der Waals surface area contributed by atoms with Crippen LogP contribution < -0.4 is 0 Å². The van der Waals surface area contributed by atoms with E-state index in [9.17, 15) is 10.2 Å². The first-order valence-corrected chi connectivity index (χ1v) is 48.2. The summed E-state index contributed by atoms with van der Waals surface area (Å²) in [7, 11) is 29.4. The minimum atomic E-state index is -1.44. The maximum atomic E-state index is 10.2. The summed E-state index contributed by atoms with van der Waals surface area (Å²) in [6.45, 7) is 16.5. The number of aliphatic hydroxyl groups is 2. The largest absolute Gasteiger partial charge is 0.393 e. The number of aliphatic hydroxyl groups excluding tert-OH is 2. The van der Waals surface area contributed by atoms with E-state index in [1.54, 1.807) is 147 Å². The highest BCUT2D eigenvalue weighted by atomic mass is 35.5. The summed E-state index contributed by atoms with van der Waals surface area (Å²) in [5.74, 6) is 0.890. The highest BCUT2D eigenvalue weighted by Crippen LogP contribution is 2.59. The van der Waals surface area contributed by atoms with Crippen LogP contribution in [0.4, 0.5) is 0 Å². The Morgan fingerprint density at radius 2 is 1.10 bits per heavy atom. The molecule has 0 amide bonds. The van der Waals surface area contributed by atoms with Crippen molar-refractivity contribution in [3.05, 3.63) is 99.7 Å². The SMILES string of the molecule is C.C=C1C(c2ccccc2)=C([Si](C)(C)C)C[C@@]2(C)C[C@@H](O)C[C@@H]12.C[C@@]12CCc3c(cc(Cl)c4ccccc34)[C@@H]1C[C@H](O)C2.S=S=S=S=S=S=S=S=S=S=S=S=S=S=S=S=S=S=S=S. The Kier molecular flexibility index (Phi) is 26.5. The van der Waals surface area contributed by atoms with Gasteiger partial charge >= 0.3 is 0 Å². The molecule has 0 aliphatic heterocycles. The lowest BCUT2D eigenvalue weighted by Gasteiger charge is -2.44. The van der Waals surface area contributed by atoms with Crippen molar-refractivity contribution in [1.82, 2.24) is 0 Å². The summed E-state index contributed by atoms with van der Waals surface area (Å²) in [6.07, 6.45) is 6.72. The van der Waals surface area contributed by atoms with E-state index in [2.05, 4.69) is 94.7 Å². The molecule has 7 rings (SSSR count). The first-order chi connectivity index (χ1) is 29.7. The Labute approximate surface area is 442 Å². The van der Waals surface area contributed by atoms with Gasteiger partial charge in [-0.05, 0) is 107 Å². The van der Waals surface area contributed by atoms with E-state index in [4.69, 9.17) is 34.0 Å². The standard InChI is InChI=1S/C20H28OSi.C18H19ClO.CH4.S20/c1-14-17-11-16(21)12-20(17,2)13-18(22(3,4)5)19(14)15-9-7-6-8-10-15;1-18-7-6-13-12-4-2-3-5-14(12)17(19)9-15(13)16(18)8-11(20)10-18;;1-3-5-7-9-11-13-15-17-19-20-18-16-14-12-10-8-6-4-2/h6-10,16-17,21H,1,11-13H2,2-5H3;2-5,9,11,16,20H,6-8,10H2,1H3;1H4;/t16-,17-,20+;11-,16-,18-;;/m00../s1. The molecule has 24 heteroatoms. The molecular formula is C39H51ClO2S20Si. The highest BCUT2D eigenvalue weighted by molar-refractivity contribution is 8.78. The van der Waals surface area contributed by atoms with E-state index in [-0.39, 0.29) is 30.5 Å². The molecule has 2 fully saturated rings. The van der Waals surface area contributed by atoms with E-state index >= 15 is 0 Å². The monoisotopic (exact) mass is 1250 g/mol. The number of benzene rings is 3. The summed E-state index contributed by atoms with van der Waals surface area (Å²) in [6, 6.07) is 21.4. The Hall–Kier alpha value is 2.23. The topological polar surface area (TPSA) is 40.5 Å². The van der Waals surface area contributed by atoms with Crippen molar-refractivity contribution in [1.29, 1.82) is 0 Å². The number of aryl methyl sites for hydroxylation is 1. The van der Waals surface area contributed by atoms with E-state index in [1.165, 1.54) is 57.4 Å². The second-order valence-electron chi connectivity index (χ2n) is 16.5. The minimum Gasteiger partial charge on any atom is -0.393 e. The van der Waals surface area contributed by atoms with Gasteiger partial charge in [-0.3, -0.25) is 0 Å². The average molecular weight is 1260 g/mol. The smallest absolute Gasteiger partial charge is 0.0732 e. The molecule has 0 aromatic heterocycles. The molecule has 3 aromatic carbocycles. The Balaban J connectivity index is 0.000000206. The molecule has 350 valence electrons. The summed E-state index contributed by atoms with van der Waals surface area (Å²) in [4.78, 5) is 0. The zero-order chi connectivity index (χ0) is 44.8. The molecule has 0 unspecified atom stereocenters. The number of halogens is 1. The number of fused-ring (bicyclic) bond motifs is 6. The molecule has 0 spiro atoms. The van der Waals surface area contributed by atoms with Crippen molar-refractivity contribution in [2.75, 3.05) is 0 Å². The van der Waals surface area contributed by atoms with Crippen LogP contribution in [0.15, 0.2) is 78.0 Å². The molecule has 2 saturated carbocycles. The first-order valence-electron chi connectivity index (χ1n) is 19.0. The lowest BCUT2D eigenvalue weighted by molar-refractivity contribution is 0.159. The zero-order valence-corrected chi connectivity index (χ0v) is 52.3. The number of rotatable bonds is 2. The van der Waals surface area contributed by atoms with Crippen molar-refractivity contribution in [2.45, 2.75) is 104 Å². The summed E-state index contributed by atoms with van der Waals surface area (Å²) >= 11 is 16.0. The predicted molar refractivity (Wildman–Crippen MR) is 335 cm³/mol.